The summed E-state index contributed by atoms with van der Waals surface area (Å²) >= 11 is 13.6. The Morgan fingerprint density at radius 2 is 1.67 bits per heavy atom. The number of benzene rings is 3. The number of nitrogens with one attached hydrogen (secondary N) is 1. The van der Waals surface area contributed by atoms with E-state index in [1.54, 1.807) is 12.1 Å². The van der Waals surface area contributed by atoms with E-state index >= 15 is 0 Å². The van der Waals surface area contributed by atoms with Crippen molar-refractivity contribution in [2.45, 2.75) is 6.54 Å². The molecule has 0 saturated heterocycles. The third-order valence-electron chi connectivity index (χ3n) is 5.44. The molecule has 175 valence electrons. The Hall–Kier alpha value is -2.95. The van der Waals surface area contributed by atoms with Gasteiger partial charge in [0, 0.05) is 0 Å². The van der Waals surface area contributed by atoms with Crippen LogP contribution < -0.4 is 5.32 Å². The van der Waals surface area contributed by atoms with Crippen LogP contribution in [0, 0.1) is 5.82 Å². The van der Waals surface area contributed by atoms with Crippen molar-refractivity contribution in [3.05, 3.63) is 112 Å². The summed E-state index contributed by atoms with van der Waals surface area (Å²) < 4.78 is 15.5. The zero-order valence-electron chi connectivity index (χ0n) is 18.7. The van der Waals surface area contributed by atoms with Crippen molar-refractivity contribution in [2.24, 2.45) is 4.99 Å². The number of anilines is 1. The molecule has 0 saturated carbocycles. The number of fused-ring (bicyclic) bond motifs is 1. The van der Waals surface area contributed by atoms with Gasteiger partial charge >= 0.3 is 211 Å². The van der Waals surface area contributed by atoms with E-state index in [2.05, 4.69) is 20.3 Å². The van der Waals surface area contributed by atoms with Gasteiger partial charge in [0.1, 0.15) is 0 Å². The molecule has 0 aliphatic rings. The summed E-state index contributed by atoms with van der Waals surface area (Å²) in [7, 11) is 0. The molecule has 9 heteroatoms. The fourth-order valence-corrected chi connectivity index (χ4v) is 5.19. The van der Waals surface area contributed by atoms with Gasteiger partial charge in [0.25, 0.3) is 0 Å². The predicted molar refractivity (Wildman–Crippen MR) is 145 cm³/mol. The molecule has 0 aliphatic heterocycles. The number of halogens is 3. The van der Waals surface area contributed by atoms with Crippen molar-refractivity contribution in [2.75, 3.05) is 5.32 Å². The average Bonchev–Trinajstić information content (AvgIpc) is 2.89. The molecule has 0 bridgehead atoms. The summed E-state index contributed by atoms with van der Waals surface area (Å²) in [6, 6.07) is 24.8. The molecule has 5 aromatic rings. The van der Waals surface area contributed by atoms with Crippen molar-refractivity contribution in [1.82, 2.24) is 15.0 Å². The Balaban J connectivity index is 1.50. The second kappa shape index (κ2) is 11.0. The van der Waals surface area contributed by atoms with Crippen molar-refractivity contribution < 1.29 is 4.39 Å². The van der Waals surface area contributed by atoms with Crippen LogP contribution in [-0.2, 0) is 6.54 Å². The Labute approximate surface area is 233 Å². The van der Waals surface area contributed by atoms with Crippen molar-refractivity contribution in [3.8, 4) is 11.3 Å². The van der Waals surface area contributed by atoms with E-state index in [9.17, 15) is 4.39 Å². The van der Waals surface area contributed by atoms with E-state index in [1.807, 2.05) is 66.7 Å². The first kappa shape index (κ1) is 24.7. The van der Waals surface area contributed by atoms with E-state index in [4.69, 9.17) is 28.2 Å². The molecule has 0 amide bonds. The van der Waals surface area contributed by atoms with Gasteiger partial charge in [0.15, 0.2) is 0 Å². The van der Waals surface area contributed by atoms with E-state index in [-0.39, 0.29) is 18.3 Å². The summed E-state index contributed by atoms with van der Waals surface area (Å²) in [5.41, 5.74) is 3.90. The molecule has 0 atom stereocenters. The molecule has 3 aromatic carbocycles. The third kappa shape index (κ3) is 5.40. The monoisotopic (exact) mass is 708 g/mol. The van der Waals surface area contributed by atoms with Gasteiger partial charge in [-0.15, -0.1) is 0 Å². The first-order valence-corrected chi connectivity index (χ1v) is 13.6. The molecule has 1 N–H and O–H groups in total. The number of aliphatic imine (C=N–C) groups is 1. The quantitative estimate of drug-likeness (QED) is 0.153. The fourth-order valence-electron chi connectivity index (χ4n) is 3.70. The summed E-state index contributed by atoms with van der Waals surface area (Å²) in [6.45, 7) is 0.250. The Kier molecular flexibility index (Phi) is 7.54. The standard InChI is InChI=1S/C27H17Cl2FN5.Pb/c28-21-11-5-4-10-20(21)24-19(13-18-9-6-12-22(29)25(18)34-24)15-31-26-23(30)16-33-27(35-26)32-14-17-7-2-1-3-8-17;/h1-13,16H,15H2,(H,31,33,35);. The van der Waals surface area contributed by atoms with Gasteiger partial charge in [0.05, 0.1) is 0 Å². The Bertz CT molecular complexity index is 1590. The number of nitrogens with zero attached hydrogens (tertiary/aromatic N) is 4. The summed E-state index contributed by atoms with van der Waals surface area (Å²) in [6.07, 6.45) is 1.13. The molecule has 0 spiro atoms. The minimum atomic E-state index is -0.570. The maximum absolute atomic E-state index is 14.6. The van der Waals surface area contributed by atoms with E-state index < -0.39 is 5.82 Å². The first-order chi connectivity index (χ1) is 17.5. The number of hydrogen-bond acceptors (Lipinski definition) is 5. The molecular formula is C27H17Cl2FN5Pb. The van der Waals surface area contributed by atoms with Crippen LogP contribution in [0.1, 0.15) is 11.1 Å². The maximum atomic E-state index is 14.6. The summed E-state index contributed by atoms with van der Waals surface area (Å²) in [5, 5.41) is 5.06. The summed E-state index contributed by atoms with van der Waals surface area (Å²) in [5.74, 6) is -0.315. The van der Waals surface area contributed by atoms with Crippen molar-refractivity contribution >= 4 is 74.9 Å². The molecule has 3 radical (unpaired) electrons. The number of pyridine rings is 1. The zero-order valence-corrected chi connectivity index (χ0v) is 24.1. The number of para-hydroxylation sites is 1. The number of aromatic nitrogens is 3. The molecule has 5 nitrogen and oxygen atoms in total. The summed E-state index contributed by atoms with van der Waals surface area (Å²) in [4.78, 5) is 17.7. The van der Waals surface area contributed by atoms with Crippen LogP contribution in [0.15, 0.2) is 90.1 Å². The van der Waals surface area contributed by atoms with Crippen LogP contribution in [0.3, 0.4) is 0 Å². The first-order valence-electron chi connectivity index (χ1n) is 10.9. The van der Waals surface area contributed by atoms with E-state index in [1.165, 1.54) is 0 Å². The SMILES string of the molecule is Fc1cnc(/N=[C](\[Pb])c2ccccc2)nc1NCc1cc2cccc(Cl)c2nc1-c1ccccc1Cl. The van der Waals surface area contributed by atoms with Crippen molar-refractivity contribution in [3.63, 3.8) is 0 Å². The predicted octanol–water partition coefficient (Wildman–Crippen LogP) is 7.00. The van der Waals surface area contributed by atoms with Gasteiger partial charge in [0.2, 0.25) is 0 Å². The molecule has 0 unspecified atom stereocenters. The van der Waals surface area contributed by atoms with Crippen molar-refractivity contribution in [1.29, 1.82) is 0 Å². The van der Waals surface area contributed by atoms with Crippen LogP contribution in [0.4, 0.5) is 16.2 Å². The molecule has 2 aromatic heterocycles. The zero-order chi connectivity index (χ0) is 25.1. The Morgan fingerprint density at radius 3 is 2.47 bits per heavy atom. The van der Waals surface area contributed by atoms with E-state index in [0.29, 0.717) is 47.0 Å². The van der Waals surface area contributed by atoms with Gasteiger partial charge in [-0.1, -0.05) is 17.7 Å². The minimum absolute atomic E-state index is 0.0579. The average molecular weight is 709 g/mol. The van der Waals surface area contributed by atoms with Crippen LogP contribution in [0.5, 0.6) is 0 Å². The molecular weight excluding hydrogens is 691 g/mol. The second-order valence-electron chi connectivity index (χ2n) is 7.83. The molecule has 0 fully saturated rings. The van der Waals surface area contributed by atoms with Gasteiger partial charge < -0.3 is 0 Å². The van der Waals surface area contributed by atoms with Crippen LogP contribution >= 0.6 is 23.2 Å². The molecule has 2 heterocycles. The third-order valence-corrected chi connectivity index (χ3v) is 7.63. The van der Waals surface area contributed by atoms with E-state index in [0.717, 1.165) is 31.5 Å². The van der Waals surface area contributed by atoms with Crippen LogP contribution in [0.25, 0.3) is 22.2 Å². The second-order valence-corrected chi connectivity index (χ2v) is 10.5. The van der Waals surface area contributed by atoms with Gasteiger partial charge in [-0.05, 0) is 6.07 Å². The topological polar surface area (TPSA) is 63.1 Å². The van der Waals surface area contributed by atoms with Crippen LogP contribution in [-0.4, -0.2) is 44.0 Å². The molecule has 5 rings (SSSR count). The fraction of sp³-hybridized carbons (Fsp3) is 0.0370. The van der Waals surface area contributed by atoms with Gasteiger partial charge in [-0.2, -0.15) is 0 Å². The molecule has 36 heavy (non-hydrogen) atoms. The Morgan fingerprint density at radius 1 is 0.917 bits per heavy atom. The van der Waals surface area contributed by atoms with Gasteiger partial charge in [-0.25, -0.2) is 0 Å². The number of rotatable bonds is 6. The normalized spacial score (nSPS) is 11.6. The van der Waals surface area contributed by atoms with Crippen LogP contribution in [0.2, 0.25) is 10.0 Å². The number of hydrogen-bond donors (Lipinski definition) is 1. The molecule has 0 aliphatic carbocycles. The van der Waals surface area contributed by atoms with Gasteiger partial charge in [-0.3, -0.25) is 0 Å².